The number of nitrogens with zero attached hydrogens (tertiary/aromatic N) is 1. The number of carbonyl (C=O) groups is 1. The predicted molar refractivity (Wildman–Crippen MR) is 66.0 cm³/mol. The molecule has 0 bridgehead atoms. The third-order valence-electron chi connectivity index (χ3n) is 2.20. The minimum absolute atomic E-state index is 0.00939. The Morgan fingerprint density at radius 3 is 3.00 bits per heavy atom. The van der Waals surface area contributed by atoms with E-state index in [2.05, 4.69) is 10.2 Å². The monoisotopic (exact) mass is 242 g/mol. The molecule has 0 aromatic carbocycles. The highest BCUT2D eigenvalue weighted by Crippen LogP contribution is 2.07. The van der Waals surface area contributed by atoms with Crippen LogP contribution in [0.2, 0.25) is 0 Å². The van der Waals surface area contributed by atoms with Crippen molar-refractivity contribution >= 4 is 17.2 Å². The molecule has 0 aliphatic heterocycles. The summed E-state index contributed by atoms with van der Waals surface area (Å²) < 4.78 is 4.97. The first-order chi connectivity index (χ1) is 7.74. The summed E-state index contributed by atoms with van der Waals surface area (Å²) in [4.78, 5) is 14.4. The number of methoxy groups -OCH3 is 1. The number of rotatable bonds is 7. The third-order valence-corrected chi connectivity index (χ3v) is 3.07. The highest BCUT2D eigenvalue weighted by Gasteiger charge is 2.05. The van der Waals surface area contributed by atoms with Crippen molar-refractivity contribution in [3.8, 4) is 0 Å². The van der Waals surface area contributed by atoms with Gasteiger partial charge in [-0.25, -0.2) is 0 Å². The highest BCUT2D eigenvalue weighted by molar-refractivity contribution is 7.12. The van der Waals surface area contributed by atoms with E-state index >= 15 is 0 Å². The van der Waals surface area contributed by atoms with Gasteiger partial charge in [0.15, 0.2) is 0 Å². The number of thiophene rings is 1. The molecule has 1 rings (SSSR count). The zero-order chi connectivity index (χ0) is 11.8. The number of amides is 1. The molecule has 1 N–H and O–H groups in total. The van der Waals surface area contributed by atoms with Gasteiger partial charge in [0.25, 0.3) is 5.91 Å². The standard InChI is InChI=1S/C11H18N2O2S/c1-13(7-8-15-2)6-5-12-11(14)10-4-3-9-16-10/h3-4,9H,5-8H2,1-2H3,(H,12,14). The summed E-state index contributed by atoms with van der Waals surface area (Å²) in [5.74, 6) is 0.00939. The molecule has 0 spiro atoms. The number of likely N-dealkylation sites (N-methyl/N-ethyl adjacent to an activating group) is 1. The van der Waals surface area contributed by atoms with Crippen LogP contribution in [0, 0.1) is 0 Å². The average Bonchev–Trinajstić information content (AvgIpc) is 2.79. The fraction of sp³-hybridized carbons (Fsp3) is 0.545. The first-order valence-corrected chi connectivity index (χ1v) is 6.11. The molecule has 0 fully saturated rings. The molecular weight excluding hydrogens is 224 g/mol. The van der Waals surface area contributed by atoms with E-state index in [0.29, 0.717) is 6.54 Å². The molecule has 1 amide bonds. The van der Waals surface area contributed by atoms with Gasteiger partial charge in [-0.3, -0.25) is 4.79 Å². The summed E-state index contributed by atoms with van der Waals surface area (Å²) in [6.07, 6.45) is 0. The fourth-order valence-corrected chi connectivity index (χ4v) is 1.85. The van der Waals surface area contributed by atoms with Crippen molar-refractivity contribution in [3.05, 3.63) is 22.4 Å². The molecule has 90 valence electrons. The summed E-state index contributed by atoms with van der Waals surface area (Å²) in [6, 6.07) is 3.71. The molecule has 0 aliphatic carbocycles. The van der Waals surface area contributed by atoms with Gasteiger partial charge in [0.1, 0.15) is 0 Å². The van der Waals surface area contributed by atoms with Crippen LogP contribution in [0.4, 0.5) is 0 Å². The Morgan fingerprint density at radius 2 is 2.38 bits per heavy atom. The van der Waals surface area contributed by atoms with Crippen LogP contribution >= 0.6 is 11.3 Å². The quantitative estimate of drug-likeness (QED) is 0.777. The summed E-state index contributed by atoms with van der Waals surface area (Å²) in [5.41, 5.74) is 0. The molecule has 0 unspecified atom stereocenters. The number of nitrogens with one attached hydrogen (secondary N) is 1. The van der Waals surface area contributed by atoms with Crippen LogP contribution in [-0.2, 0) is 4.74 Å². The van der Waals surface area contributed by atoms with E-state index < -0.39 is 0 Å². The Hall–Kier alpha value is -0.910. The summed E-state index contributed by atoms with van der Waals surface area (Å²) >= 11 is 1.46. The Morgan fingerprint density at radius 1 is 1.56 bits per heavy atom. The first-order valence-electron chi connectivity index (χ1n) is 5.23. The van der Waals surface area contributed by atoms with Crippen molar-refractivity contribution < 1.29 is 9.53 Å². The van der Waals surface area contributed by atoms with Crippen LogP contribution in [0.15, 0.2) is 17.5 Å². The highest BCUT2D eigenvalue weighted by atomic mass is 32.1. The smallest absolute Gasteiger partial charge is 0.261 e. The molecular formula is C11H18N2O2S. The van der Waals surface area contributed by atoms with Crippen LogP contribution in [0.1, 0.15) is 9.67 Å². The molecule has 4 nitrogen and oxygen atoms in total. The number of hydrogen-bond acceptors (Lipinski definition) is 4. The molecule has 16 heavy (non-hydrogen) atoms. The van der Waals surface area contributed by atoms with Crippen LogP contribution in [0.5, 0.6) is 0 Å². The van der Waals surface area contributed by atoms with Crippen LogP contribution in [0.25, 0.3) is 0 Å². The predicted octanol–water partition coefficient (Wildman–Crippen LogP) is 1.06. The lowest BCUT2D eigenvalue weighted by atomic mass is 10.4. The van der Waals surface area contributed by atoms with Crippen molar-refractivity contribution in [2.75, 3.05) is 40.4 Å². The second kappa shape index (κ2) is 7.38. The first kappa shape index (κ1) is 13.2. The lowest BCUT2D eigenvalue weighted by Gasteiger charge is -2.15. The largest absolute Gasteiger partial charge is 0.383 e. The van der Waals surface area contributed by atoms with Crippen molar-refractivity contribution in [3.63, 3.8) is 0 Å². The summed E-state index contributed by atoms with van der Waals surface area (Å²) in [7, 11) is 3.70. The van der Waals surface area contributed by atoms with Gasteiger partial charge in [-0.15, -0.1) is 11.3 Å². The Labute approximate surface area is 100 Å². The van der Waals surface area contributed by atoms with Crippen molar-refractivity contribution in [1.82, 2.24) is 10.2 Å². The normalized spacial score (nSPS) is 10.7. The zero-order valence-corrected chi connectivity index (χ0v) is 10.5. The average molecular weight is 242 g/mol. The number of ether oxygens (including phenoxy) is 1. The lowest BCUT2D eigenvalue weighted by Crippen LogP contribution is -2.34. The van der Waals surface area contributed by atoms with E-state index in [1.165, 1.54) is 11.3 Å². The second-order valence-electron chi connectivity index (χ2n) is 3.53. The van der Waals surface area contributed by atoms with Gasteiger partial charge in [0, 0.05) is 26.7 Å². The topological polar surface area (TPSA) is 41.6 Å². The summed E-state index contributed by atoms with van der Waals surface area (Å²) in [6.45, 7) is 3.10. The van der Waals surface area contributed by atoms with Crippen LogP contribution in [-0.4, -0.2) is 51.2 Å². The van der Waals surface area contributed by atoms with Gasteiger partial charge >= 0.3 is 0 Å². The van der Waals surface area contributed by atoms with E-state index in [0.717, 1.165) is 24.6 Å². The maximum Gasteiger partial charge on any atom is 0.261 e. The van der Waals surface area contributed by atoms with Crippen molar-refractivity contribution in [2.24, 2.45) is 0 Å². The van der Waals surface area contributed by atoms with E-state index in [4.69, 9.17) is 4.74 Å². The van der Waals surface area contributed by atoms with Gasteiger partial charge < -0.3 is 15.0 Å². The van der Waals surface area contributed by atoms with Crippen LogP contribution in [0.3, 0.4) is 0 Å². The fourth-order valence-electron chi connectivity index (χ4n) is 1.21. The van der Waals surface area contributed by atoms with Crippen LogP contribution < -0.4 is 5.32 Å². The van der Waals surface area contributed by atoms with Gasteiger partial charge in [-0.05, 0) is 18.5 Å². The SMILES string of the molecule is COCCN(C)CCNC(=O)c1cccs1. The molecule has 0 radical (unpaired) electrons. The molecule has 1 aromatic rings. The second-order valence-corrected chi connectivity index (χ2v) is 4.48. The minimum Gasteiger partial charge on any atom is -0.383 e. The van der Waals surface area contributed by atoms with Gasteiger partial charge in [0.2, 0.25) is 0 Å². The Bertz CT molecular complexity index is 301. The summed E-state index contributed by atoms with van der Waals surface area (Å²) in [5, 5.41) is 4.78. The van der Waals surface area contributed by atoms with E-state index in [-0.39, 0.29) is 5.91 Å². The molecule has 1 heterocycles. The number of carbonyl (C=O) groups excluding carboxylic acids is 1. The van der Waals surface area contributed by atoms with E-state index in [1.807, 2.05) is 24.6 Å². The molecule has 0 saturated carbocycles. The van der Waals surface area contributed by atoms with Gasteiger partial charge in [-0.2, -0.15) is 0 Å². The zero-order valence-electron chi connectivity index (χ0n) is 9.73. The Balaban J connectivity index is 2.13. The van der Waals surface area contributed by atoms with Crippen molar-refractivity contribution in [2.45, 2.75) is 0 Å². The third kappa shape index (κ3) is 4.74. The van der Waals surface area contributed by atoms with Crippen molar-refractivity contribution in [1.29, 1.82) is 0 Å². The number of hydrogen-bond donors (Lipinski definition) is 1. The van der Waals surface area contributed by atoms with E-state index in [1.54, 1.807) is 7.11 Å². The molecule has 1 aromatic heterocycles. The maximum atomic E-state index is 11.6. The molecule has 5 heteroatoms. The maximum absolute atomic E-state index is 11.6. The molecule has 0 atom stereocenters. The molecule has 0 aliphatic rings. The Kier molecular flexibility index (Phi) is 6.07. The van der Waals surface area contributed by atoms with Gasteiger partial charge in [0.05, 0.1) is 11.5 Å². The minimum atomic E-state index is 0.00939. The van der Waals surface area contributed by atoms with E-state index in [9.17, 15) is 4.79 Å². The molecule has 0 saturated heterocycles. The van der Waals surface area contributed by atoms with Gasteiger partial charge in [-0.1, -0.05) is 6.07 Å². The lowest BCUT2D eigenvalue weighted by molar-refractivity contribution is 0.0951.